The van der Waals surface area contributed by atoms with Gasteiger partial charge in [-0.15, -0.1) is 0 Å². The lowest BCUT2D eigenvalue weighted by Gasteiger charge is -2.28. The molecule has 0 aliphatic carbocycles. The summed E-state index contributed by atoms with van der Waals surface area (Å²) in [6, 6.07) is 4.61. The van der Waals surface area contributed by atoms with Crippen molar-refractivity contribution in [3.8, 4) is 0 Å². The second kappa shape index (κ2) is 5.16. The van der Waals surface area contributed by atoms with E-state index in [1.54, 1.807) is 0 Å². The van der Waals surface area contributed by atoms with Crippen LogP contribution in [0.15, 0.2) is 18.3 Å². The maximum Gasteiger partial charge on any atom is 0.128 e. The fourth-order valence-corrected chi connectivity index (χ4v) is 1.76. The normalized spacial score (nSPS) is 15.6. The predicted molar refractivity (Wildman–Crippen MR) is 66.0 cm³/mol. The molecule has 16 heavy (non-hydrogen) atoms. The van der Waals surface area contributed by atoms with Crippen molar-refractivity contribution >= 4 is 11.5 Å². The molecule has 1 aliphatic rings. The third-order valence-electron chi connectivity index (χ3n) is 2.84. The molecule has 0 bridgehead atoms. The molecular formula is C12H19N3O. The highest BCUT2D eigenvalue weighted by molar-refractivity contribution is 5.49. The molecule has 0 unspecified atom stereocenters. The zero-order valence-corrected chi connectivity index (χ0v) is 9.94. The smallest absolute Gasteiger partial charge is 0.128 e. The van der Waals surface area contributed by atoms with Gasteiger partial charge in [0.05, 0.1) is 31.1 Å². The first-order chi connectivity index (χ1) is 7.83. The molecule has 0 radical (unpaired) electrons. The highest BCUT2D eigenvalue weighted by Gasteiger charge is 2.17. The van der Waals surface area contributed by atoms with Crippen LogP contribution in [0.1, 0.15) is 13.8 Å². The Bertz CT molecular complexity index is 318. The number of nitrogens with zero attached hydrogens (tertiary/aromatic N) is 2. The molecule has 2 rings (SSSR count). The maximum absolute atomic E-state index is 5.11. The van der Waals surface area contributed by atoms with Gasteiger partial charge >= 0.3 is 0 Å². The van der Waals surface area contributed by atoms with Crippen LogP contribution in [0.2, 0.25) is 0 Å². The Kier molecular flexibility index (Phi) is 3.62. The van der Waals surface area contributed by atoms with Gasteiger partial charge in [0.2, 0.25) is 0 Å². The lowest BCUT2D eigenvalue weighted by molar-refractivity contribution is 0.0211. The van der Waals surface area contributed by atoms with Crippen LogP contribution in [0.25, 0.3) is 0 Å². The van der Waals surface area contributed by atoms with Crippen molar-refractivity contribution in [2.75, 3.05) is 36.5 Å². The van der Waals surface area contributed by atoms with E-state index >= 15 is 0 Å². The molecule has 1 aromatic rings. The first-order valence-corrected chi connectivity index (χ1v) is 5.88. The number of aromatic nitrogens is 1. The molecule has 0 spiro atoms. The van der Waals surface area contributed by atoms with Gasteiger partial charge in [0.15, 0.2) is 0 Å². The molecular weight excluding hydrogens is 202 g/mol. The minimum Gasteiger partial charge on any atom is -0.377 e. The van der Waals surface area contributed by atoms with Crippen molar-refractivity contribution in [2.24, 2.45) is 0 Å². The lowest BCUT2D eigenvalue weighted by Crippen LogP contribution is -2.40. The van der Waals surface area contributed by atoms with Gasteiger partial charge in [-0.3, -0.25) is 0 Å². The number of pyridine rings is 1. The topological polar surface area (TPSA) is 37.4 Å². The summed E-state index contributed by atoms with van der Waals surface area (Å²) >= 11 is 0. The summed E-state index contributed by atoms with van der Waals surface area (Å²) in [6.07, 6.45) is 1.89. The summed E-state index contributed by atoms with van der Waals surface area (Å²) in [7, 11) is 0. The van der Waals surface area contributed by atoms with E-state index in [0.717, 1.165) is 37.8 Å². The van der Waals surface area contributed by atoms with Crippen LogP contribution in [0.3, 0.4) is 0 Å². The number of nitrogens with one attached hydrogen (secondary N) is 1. The van der Waals surface area contributed by atoms with Gasteiger partial charge in [-0.2, -0.15) is 0 Å². The highest BCUT2D eigenvalue weighted by atomic mass is 16.5. The molecule has 0 saturated carbocycles. The zero-order chi connectivity index (χ0) is 11.4. The van der Waals surface area contributed by atoms with E-state index in [0.29, 0.717) is 6.04 Å². The minimum absolute atomic E-state index is 0.459. The van der Waals surface area contributed by atoms with Crippen LogP contribution in [-0.4, -0.2) is 37.3 Å². The van der Waals surface area contributed by atoms with E-state index in [4.69, 9.17) is 4.74 Å². The van der Waals surface area contributed by atoms with Crippen LogP contribution in [0.4, 0.5) is 11.5 Å². The third kappa shape index (κ3) is 2.44. The Morgan fingerprint density at radius 3 is 2.56 bits per heavy atom. The zero-order valence-electron chi connectivity index (χ0n) is 9.94. The van der Waals surface area contributed by atoms with Crippen LogP contribution in [0, 0.1) is 0 Å². The van der Waals surface area contributed by atoms with E-state index < -0.39 is 0 Å². The molecule has 4 heteroatoms. The third-order valence-corrected chi connectivity index (χ3v) is 2.84. The van der Waals surface area contributed by atoms with Gasteiger partial charge in [-0.25, -0.2) is 4.98 Å². The van der Waals surface area contributed by atoms with Crippen molar-refractivity contribution < 1.29 is 4.74 Å². The van der Waals surface area contributed by atoms with Gasteiger partial charge in [-0.05, 0) is 26.0 Å². The molecule has 0 amide bonds. The van der Waals surface area contributed by atoms with E-state index in [9.17, 15) is 0 Å². The SMILES string of the molecule is CCN(CC)c1ccc(NC2COC2)cn1. The molecule has 1 saturated heterocycles. The van der Waals surface area contributed by atoms with E-state index in [2.05, 4.69) is 41.2 Å². The standard InChI is InChI=1S/C12H19N3O/c1-3-15(4-2)12-6-5-10(7-13-12)14-11-8-16-9-11/h5-7,11,14H,3-4,8-9H2,1-2H3. The molecule has 1 aromatic heterocycles. The molecule has 0 atom stereocenters. The Balaban J connectivity index is 1.97. The molecule has 88 valence electrons. The fraction of sp³-hybridized carbons (Fsp3) is 0.583. The average Bonchev–Trinajstić information content (AvgIpc) is 2.27. The first kappa shape index (κ1) is 11.2. The van der Waals surface area contributed by atoms with Crippen LogP contribution < -0.4 is 10.2 Å². The van der Waals surface area contributed by atoms with Crippen molar-refractivity contribution in [3.05, 3.63) is 18.3 Å². The van der Waals surface area contributed by atoms with Crippen molar-refractivity contribution in [3.63, 3.8) is 0 Å². The van der Waals surface area contributed by atoms with Crippen LogP contribution in [-0.2, 0) is 4.74 Å². The molecule has 1 N–H and O–H groups in total. The largest absolute Gasteiger partial charge is 0.377 e. The second-order valence-electron chi connectivity index (χ2n) is 3.96. The number of hydrogen-bond acceptors (Lipinski definition) is 4. The first-order valence-electron chi connectivity index (χ1n) is 5.88. The maximum atomic E-state index is 5.11. The highest BCUT2D eigenvalue weighted by Crippen LogP contribution is 2.16. The summed E-state index contributed by atoms with van der Waals surface area (Å²) in [4.78, 5) is 6.69. The van der Waals surface area contributed by atoms with Crippen LogP contribution >= 0.6 is 0 Å². The molecule has 1 fully saturated rings. The van der Waals surface area contributed by atoms with Crippen molar-refractivity contribution in [1.29, 1.82) is 0 Å². The molecule has 1 aliphatic heterocycles. The summed E-state index contributed by atoms with van der Waals surface area (Å²) in [6.45, 7) is 7.88. The summed E-state index contributed by atoms with van der Waals surface area (Å²) in [5.74, 6) is 1.04. The van der Waals surface area contributed by atoms with Crippen LogP contribution in [0.5, 0.6) is 0 Å². The van der Waals surface area contributed by atoms with Gasteiger partial charge in [0, 0.05) is 13.1 Å². The Morgan fingerprint density at radius 1 is 1.38 bits per heavy atom. The lowest BCUT2D eigenvalue weighted by atomic mass is 10.2. The number of ether oxygens (including phenoxy) is 1. The Morgan fingerprint density at radius 2 is 2.12 bits per heavy atom. The quantitative estimate of drug-likeness (QED) is 0.821. The molecule has 4 nitrogen and oxygen atoms in total. The predicted octanol–water partition coefficient (Wildman–Crippen LogP) is 1.74. The Hall–Kier alpha value is -1.29. The average molecular weight is 221 g/mol. The van der Waals surface area contributed by atoms with E-state index in [1.807, 2.05) is 6.20 Å². The summed E-state index contributed by atoms with van der Waals surface area (Å²) < 4.78 is 5.11. The number of rotatable bonds is 5. The van der Waals surface area contributed by atoms with Gasteiger partial charge in [0.25, 0.3) is 0 Å². The van der Waals surface area contributed by atoms with E-state index in [-0.39, 0.29) is 0 Å². The molecule has 0 aromatic carbocycles. The Labute approximate surface area is 96.6 Å². The van der Waals surface area contributed by atoms with Gasteiger partial charge in [0.1, 0.15) is 5.82 Å². The molecule has 2 heterocycles. The second-order valence-corrected chi connectivity index (χ2v) is 3.96. The number of anilines is 2. The van der Waals surface area contributed by atoms with E-state index in [1.165, 1.54) is 0 Å². The van der Waals surface area contributed by atoms with Gasteiger partial charge < -0.3 is 15.0 Å². The van der Waals surface area contributed by atoms with Gasteiger partial charge in [-0.1, -0.05) is 0 Å². The monoisotopic (exact) mass is 221 g/mol. The number of hydrogen-bond donors (Lipinski definition) is 1. The van der Waals surface area contributed by atoms with Crippen molar-refractivity contribution in [1.82, 2.24) is 4.98 Å². The minimum atomic E-state index is 0.459. The summed E-state index contributed by atoms with van der Waals surface area (Å²) in [5.41, 5.74) is 1.07. The summed E-state index contributed by atoms with van der Waals surface area (Å²) in [5, 5.41) is 3.37. The van der Waals surface area contributed by atoms with Crippen molar-refractivity contribution in [2.45, 2.75) is 19.9 Å². The fourth-order valence-electron chi connectivity index (χ4n) is 1.76.